The van der Waals surface area contributed by atoms with E-state index in [1.54, 1.807) is 6.20 Å². The van der Waals surface area contributed by atoms with Crippen molar-refractivity contribution in [3.05, 3.63) is 47.3 Å². The number of nitrogens with zero attached hydrogens (tertiary/aromatic N) is 3. The Kier molecular flexibility index (Phi) is 3.45. The molecule has 3 aromatic rings. The number of carbonyl (C=O) groups excluding carboxylic acids is 1. The molecule has 0 unspecified atom stereocenters. The Balaban J connectivity index is 1.68. The van der Waals surface area contributed by atoms with Crippen LogP contribution in [0.2, 0.25) is 0 Å². The quantitative estimate of drug-likeness (QED) is 0.761. The molecule has 0 saturated carbocycles. The van der Waals surface area contributed by atoms with Crippen molar-refractivity contribution in [2.45, 2.75) is 26.8 Å². The largest absolute Gasteiger partial charge is 0.368 e. The van der Waals surface area contributed by atoms with E-state index >= 15 is 0 Å². The van der Waals surface area contributed by atoms with Gasteiger partial charge in [-0.05, 0) is 31.9 Å². The van der Waals surface area contributed by atoms with E-state index in [1.165, 1.54) is 0 Å². The number of pyridine rings is 1. The third-order valence-corrected chi connectivity index (χ3v) is 4.41. The number of aromatic nitrogens is 3. The first kappa shape index (κ1) is 14.7. The maximum atomic E-state index is 12.7. The second-order valence-corrected chi connectivity index (χ2v) is 6.13. The molecule has 0 saturated heterocycles. The summed E-state index contributed by atoms with van der Waals surface area (Å²) in [6.45, 7) is 5.66. The summed E-state index contributed by atoms with van der Waals surface area (Å²) in [5, 5.41) is 11.5. The number of amides is 1. The summed E-state index contributed by atoms with van der Waals surface area (Å²) < 4.78 is 1.88. The van der Waals surface area contributed by atoms with Crippen LogP contribution in [0.1, 0.15) is 28.0 Å². The number of anilines is 2. The minimum absolute atomic E-state index is 0.161. The van der Waals surface area contributed by atoms with Crippen LogP contribution in [0.5, 0.6) is 0 Å². The number of para-hydroxylation sites is 1. The molecule has 1 aromatic carbocycles. The molecular weight excluding hydrogens is 302 g/mol. The average molecular weight is 321 g/mol. The van der Waals surface area contributed by atoms with Gasteiger partial charge in [-0.2, -0.15) is 5.10 Å². The van der Waals surface area contributed by atoms with E-state index in [0.717, 1.165) is 47.5 Å². The lowest BCUT2D eigenvalue weighted by Gasteiger charge is -2.17. The first-order chi connectivity index (χ1) is 11.6. The summed E-state index contributed by atoms with van der Waals surface area (Å²) in [7, 11) is 0. The van der Waals surface area contributed by atoms with E-state index in [0.29, 0.717) is 11.3 Å². The Bertz CT molecular complexity index is 944. The summed E-state index contributed by atoms with van der Waals surface area (Å²) in [6.07, 6.45) is 2.73. The first-order valence-corrected chi connectivity index (χ1v) is 8.11. The van der Waals surface area contributed by atoms with Crippen LogP contribution in [0.3, 0.4) is 0 Å². The molecule has 2 aromatic heterocycles. The molecule has 2 N–H and O–H groups in total. The van der Waals surface area contributed by atoms with E-state index < -0.39 is 0 Å². The standard InChI is InChI=1S/C18H19N5O/c1-11-5-3-6-13-9-14(12(2)21-16(11)13)18(24)22-15-10-20-23-8-4-7-19-17(15)23/h3,5-6,9-10,19H,4,7-8H2,1-2H3,(H,22,24). The Morgan fingerprint density at radius 2 is 2.21 bits per heavy atom. The number of hydrogen-bond acceptors (Lipinski definition) is 4. The predicted octanol–water partition coefficient (Wildman–Crippen LogP) is 3.12. The molecule has 1 aliphatic rings. The number of benzene rings is 1. The molecule has 0 spiro atoms. The minimum atomic E-state index is -0.161. The van der Waals surface area contributed by atoms with Crippen molar-refractivity contribution in [3.8, 4) is 0 Å². The van der Waals surface area contributed by atoms with Gasteiger partial charge in [0, 0.05) is 18.5 Å². The molecule has 1 amide bonds. The van der Waals surface area contributed by atoms with E-state index in [4.69, 9.17) is 0 Å². The summed E-state index contributed by atoms with van der Waals surface area (Å²) in [6, 6.07) is 7.89. The van der Waals surface area contributed by atoms with E-state index in [9.17, 15) is 4.79 Å². The number of nitrogens with one attached hydrogen (secondary N) is 2. The van der Waals surface area contributed by atoms with Gasteiger partial charge in [-0.3, -0.25) is 9.78 Å². The summed E-state index contributed by atoms with van der Waals surface area (Å²) in [5.41, 5.74) is 4.07. The molecule has 0 bridgehead atoms. The van der Waals surface area contributed by atoms with Crippen molar-refractivity contribution in [1.82, 2.24) is 14.8 Å². The van der Waals surface area contributed by atoms with Gasteiger partial charge in [0.15, 0.2) is 0 Å². The van der Waals surface area contributed by atoms with Crippen molar-refractivity contribution in [2.75, 3.05) is 17.2 Å². The Morgan fingerprint density at radius 1 is 1.33 bits per heavy atom. The molecule has 122 valence electrons. The molecule has 1 aliphatic heterocycles. The Hall–Kier alpha value is -2.89. The van der Waals surface area contributed by atoms with Gasteiger partial charge >= 0.3 is 0 Å². The van der Waals surface area contributed by atoms with Crippen LogP contribution >= 0.6 is 0 Å². The smallest absolute Gasteiger partial charge is 0.257 e. The summed E-state index contributed by atoms with van der Waals surface area (Å²) >= 11 is 0. The summed E-state index contributed by atoms with van der Waals surface area (Å²) in [5.74, 6) is 0.712. The lowest BCUT2D eigenvalue weighted by Crippen LogP contribution is -2.20. The van der Waals surface area contributed by atoms with Crippen LogP contribution in [0.4, 0.5) is 11.5 Å². The van der Waals surface area contributed by atoms with E-state index in [1.807, 2.05) is 42.8 Å². The van der Waals surface area contributed by atoms with Crippen molar-refractivity contribution in [3.63, 3.8) is 0 Å². The van der Waals surface area contributed by atoms with Crippen molar-refractivity contribution in [2.24, 2.45) is 0 Å². The topological polar surface area (TPSA) is 71.8 Å². The molecule has 0 radical (unpaired) electrons. The van der Waals surface area contributed by atoms with Gasteiger partial charge in [-0.1, -0.05) is 18.2 Å². The predicted molar refractivity (Wildman–Crippen MR) is 94.5 cm³/mol. The van der Waals surface area contributed by atoms with Gasteiger partial charge in [0.25, 0.3) is 5.91 Å². The fourth-order valence-electron chi connectivity index (χ4n) is 3.13. The van der Waals surface area contributed by atoms with Gasteiger partial charge in [0.2, 0.25) is 0 Å². The molecular formula is C18H19N5O. The van der Waals surface area contributed by atoms with Crippen LogP contribution in [0.25, 0.3) is 10.9 Å². The number of aryl methyl sites for hydroxylation is 3. The minimum Gasteiger partial charge on any atom is -0.368 e. The zero-order valence-corrected chi connectivity index (χ0v) is 13.8. The number of carbonyl (C=O) groups is 1. The van der Waals surface area contributed by atoms with Gasteiger partial charge in [-0.25, -0.2) is 4.68 Å². The first-order valence-electron chi connectivity index (χ1n) is 8.11. The number of rotatable bonds is 2. The maximum Gasteiger partial charge on any atom is 0.257 e. The highest BCUT2D eigenvalue weighted by molar-refractivity contribution is 6.08. The second kappa shape index (κ2) is 5.63. The zero-order valence-electron chi connectivity index (χ0n) is 13.8. The van der Waals surface area contributed by atoms with Gasteiger partial charge in [-0.15, -0.1) is 0 Å². The van der Waals surface area contributed by atoms with Crippen molar-refractivity contribution in [1.29, 1.82) is 0 Å². The van der Waals surface area contributed by atoms with Crippen LogP contribution in [-0.2, 0) is 6.54 Å². The lowest BCUT2D eigenvalue weighted by molar-refractivity contribution is 0.102. The molecule has 6 nitrogen and oxygen atoms in total. The van der Waals surface area contributed by atoms with Crippen LogP contribution in [-0.4, -0.2) is 27.2 Å². The summed E-state index contributed by atoms with van der Waals surface area (Å²) in [4.78, 5) is 17.3. The van der Waals surface area contributed by atoms with Gasteiger partial charge in [0.05, 0.1) is 23.0 Å². The van der Waals surface area contributed by atoms with E-state index in [-0.39, 0.29) is 5.91 Å². The van der Waals surface area contributed by atoms with Crippen LogP contribution < -0.4 is 10.6 Å². The van der Waals surface area contributed by atoms with E-state index in [2.05, 4.69) is 20.7 Å². The maximum absolute atomic E-state index is 12.7. The second-order valence-electron chi connectivity index (χ2n) is 6.13. The van der Waals surface area contributed by atoms with Gasteiger partial charge in [0.1, 0.15) is 11.5 Å². The molecule has 0 aliphatic carbocycles. The van der Waals surface area contributed by atoms with Crippen molar-refractivity contribution < 1.29 is 4.79 Å². The van der Waals surface area contributed by atoms with Crippen LogP contribution in [0.15, 0.2) is 30.5 Å². The molecule has 0 atom stereocenters. The molecule has 0 fully saturated rings. The molecule has 24 heavy (non-hydrogen) atoms. The third-order valence-electron chi connectivity index (χ3n) is 4.41. The van der Waals surface area contributed by atoms with Gasteiger partial charge < -0.3 is 10.6 Å². The fraction of sp³-hybridized carbons (Fsp3) is 0.278. The fourth-order valence-corrected chi connectivity index (χ4v) is 3.13. The SMILES string of the molecule is Cc1nc2c(C)cccc2cc1C(=O)Nc1cnn2c1NCCC2. The Labute approximate surface area is 139 Å². The van der Waals surface area contributed by atoms with Crippen LogP contribution in [0, 0.1) is 13.8 Å². The third kappa shape index (κ3) is 2.40. The number of fused-ring (bicyclic) bond motifs is 2. The molecule has 6 heteroatoms. The highest BCUT2D eigenvalue weighted by Gasteiger charge is 2.18. The monoisotopic (exact) mass is 321 g/mol. The molecule has 3 heterocycles. The highest BCUT2D eigenvalue weighted by Crippen LogP contribution is 2.26. The van der Waals surface area contributed by atoms with Crippen molar-refractivity contribution >= 4 is 28.3 Å². The Morgan fingerprint density at radius 3 is 3.08 bits per heavy atom. The average Bonchev–Trinajstić information content (AvgIpc) is 2.98. The highest BCUT2D eigenvalue weighted by atomic mass is 16.1. The molecule has 4 rings (SSSR count). The zero-order chi connectivity index (χ0) is 16.7. The lowest BCUT2D eigenvalue weighted by atomic mass is 10.1. The number of hydrogen-bond donors (Lipinski definition) is 2. The normalized spacial score (nSPS) is 13.4.